The highest BCUT2D eigenvalue weighted by molar-refractivity contribution is 5.36. The van der Waals surface area contributed by atoms with Crippen molar-refractivity contribution in [3.05, 3.63) is 22.7 Å². The van der Waals surface area contributed by atoms with Crippen LogP contribution in [-0.4, -0.2) is 48.4 Å². The average Bonchev–Trinajstić information content (AvgIpc) is 2.50. The van der Waals surface area contributed by atoms with Gasteiger partial charge in [0.15, 0.2) is 5.82 Å². The summed E-state index contributed by atoms with van der Waals surface area (Å²) in [5.41, 5.74) is -0.0258. The molecule has 1 N–H and O–H groups in total. The fourth-order valence-electron chi connectivity index (χ4n) is 2.83. The van der Waals surface area contributed by atoms with Crippen LogP contribution in [0.1, 0.15) is 26.2 Å². The van der Waals surface area contributed by atoms with Crippen LogP contribution in [0.4, 0.5) is 5.82 Å². The van der Waals surface area contributed by atoms with E-state index < -0.39 is 0 Å². The molecule has 1 aromatic rings. The average molecular weight is 294 g/mol. The third-order valence-corrected chi connectivity index (χ3v) is 4.05. The van der Waals surface area contributed by atoms with Crippen LogP contribution in [0.5, 0.6) is 0 Å². The Morgan fingerprint density at radius 3 is 3.10 bits per heavy atom. The Morgan fingerprint density at radius 2 is 2.38 bits per heavy atom. The maximum atomic E-state index is 12.2. The summed E-state index contributed by atoms with van der Waals surface area (Å²) < 4.78 is 6.82. The van der Waals surface area contributed by atoms with Crippen molar-refractivity contribution in [1.82, 2.24) is 14.9 Å². The smallest absolute Gasteiger partial charge is 0.293 e. The normalized spacial score (nSPS) is 20.5. The van der Waals surface area contributed by atoms with E-state index in [1.807, 2.05) is 0 Å². The van der Waals surface area contributed by atoms with Gasteiger partial charge in [-0.05, 0) is 19.3 Å². The summed E-state index contributed by atoms with van der Waals surface area (Å²) in [7, 11) is 3.49. The maximum Gasteiger partial charge on any atom is 0.293 e. The first-order chi connectivity index (χ1) is 10.2. The monoisotopic (exact) mass is 294 g/mol. The minimum Gasteiger partial charge on any atom is -0.383 e. The molecule has 0 aliphatic carbocycles. The van der Waals surface area contributed by atoms with Crippen molar-refractivity contribution in [2.45, 2.75) is 38.3 Å². The molecule has 6 heteroatoms. The quantitative estimate of drug-likeness (QED) is 0.839. The van der Waals surface area contributed by atoms with Gasteiger partial charge in [0.25, 0.3) is 5.56 Å². The van der Waals surface area contributed by atoms with E-state index in [1.165, 1.54) is 0 Å². The van der Waals surface area contributed by atoms with E-state index >= 15 is 0 Å². The molecule has 0 radical (unpaired) electrons. The second-order valence-electron chi connectivity index (χ2n) is 5.68. The SMILES string of the molecule is CCC(COC)NC1CCCN(c2nccn(C)c2=O)C1. The lowest BCUT2D eigenvalue weighted by molar-refractivity contribution is 0.156. The van der Waals surface area contributed by atoms with E-state index in [2.05, 4.69) is 22.1 Å². The van der Waals surface area contributed by atoms with Gasteiger partial charge in [-0.2, -0.15) is 0 Å². The molecule has 2 rings (SSSR count). The Labute approximate surface area is 126 Å². The second-order valence-corrected chi connectivity index (χ2v) is 5.68. The van der Waals surface area contributed by atoms with Crippen molar-refractivity contribution < 1.29 is 4.74 Å². The van der Waals surface area contributed by atoms with Crippen LogP contribution in [0.2, 0.25) is 0 Å². The van der Waals surface area contributed by atoms with Crippen LogP contribution in [0, 0.1) is 0 Å². The van der Waals surface area contributed by atoms with Gasteiger partial charge in [0.1, 0.15) is 0 Å². The number of aryl methyl sites for hydroxylation is 1. The zero-order valence-corrected chi connectivity index (χ0v) is 13.2. The fraction of sp³-hybridized carbons (Fsp3) is 0.733. The number of ether oxygens (including phenoxy) is 1. The molecule has 21 heavy (non-hydrogen) atoms. The van der Waals surface area contributed by atoms with Gasteiger partial charge in [0.05, 0.1) is 6.61 Å². The van der Waals surface area contributed by atoms with Crippen LogP contribution < -0.4 is 15.8 Å². The van der Waals surface area contributed by atoms with E-state index in [-0.39, 0.29) is 5.56 Å². The van der Waals surface area contributed by atoms with Gasteiger partial charge in [-0.25, -0.2) is 4.98 Å². The van der Waals surface area contributed by atoms with Gasteiger partial charge >= 0.3 is 0 Å². The van der Waals surface area contributed by atoms with E-state index in [0.717, 1.165) is 39.0 Å². The third-order valence-electron chi connectivity index (χ3n) is 4.05. The largest absolute Gasteiger partial charge is 0.383 e. The molecule has 1 fully saturated rings. The molecule has 2 heterocycles. The zero-order chi connectivity index (χ0) is 15.2. The van der Waals surface area contributed by atoms with E-state index in [9.17, 15) is 4.79 Å². The summed E-state index contributed by atoms with van der Waals surface area (Å²) in [6, 6.07) is 0.747. The van der Waals surface area contributed by atoms with E-state index in [4.69, 9.17) is 4.74 Å². The first kappa shape index (κ1) is 16.0. The van der Waals surface area contributed by atoms with Gasteiger partial charge < -0.3 is 19.5 Å². The van der Waals surface area contributed by atoms with E-state index in [0.29, 0.717) is 17.9 Å². The Balaban J connectivity index is 2.03. The van der Waals surface area contributed by atoms with Crippen molar-refractivity contribution in [2.75, 3.05) is 31.7 Å². The van der Waals surface area contributed by atoms with Gasteiger partial charge in [0.2, 0.25) is 0 Å². The lowest BCUT2D eigenvalue weighted by Crippen LogP contribution is -2.51. The topological polar surface area (TPSA) is 59.4 Å². The third kappa shape index (κ3) is 4.04. The highest BCUT2D eigenvalue weighted by atomic mass is 16.5. The summed E-state index contributed by atoms with van der Waals surface area (Å²) in [6.07, 6.45) is 6.62. The highest BCUT2D eigenvalue weighted by Gasteiger charge is 2.24. The molecule has 0 aromatic carbocycles. The van der Waals surface area contributed by atoms with Crippen LogP contribution in [0.25, 0.3) is 0 Å². The summed E-state index contributed by atoms with van der Waals surface area (Å²) in [5, 5.41) is 3.64. The molecule has 1 saturated heterocycles. The molecule has 0 bridgehead atoms. The fourth-order valence-corrected chi connectivity index (χ4v) is 2.83. The van der Waals surface area contributed by atoms with Crippen LogP contribution in [0.15, 0.2) is 17.2 Å². The number of hydrogen-bond acceptors (Lipinski definition) is 5. The summed E-state index contributed by atoms with van der Waals surface area (Å²) >= 11 is 0. The second kappa shape index (κ2) is 7.56. The molecule has 1 aromatic heterocycles. The number of piperidine rings is 1. The van der Waals surface area contributed by atoms with Crippen molar-refractivity contribution in [3.8, 4) is 0 Å². The molecule has 0 spiro atoms. The minimum absolute atomic E-state index is 0.0258. The molecule has 0 amide bonds. The van der Waals surface area contributed by atoms with E-state index in [1.54, 1.807) is 31.1 Å². The first-order valence-electron chi connectivity index (χ1n) is 7.67. The Bertz CT molecular complexity index is 503. The van der Waals surface area contributed by atoms with Gasteiger partial charge in [-0.1, -0.05) is 6.92 Å². The Hall–Kier alpha value is -1.40. The number of nitrogens with one attached hydrogen (secondary N) is 1. The Kier molecular flexibility index (Phi) is 5.76. The van der Waals surface area contributed by atoms with Crippen molar-refractivity contribution in [1.29, 1.82) is 0 Å². The van der Waals surface area contributed by atoms with Gasteiger partial charge in [-0.3, -0.25) is 4.79 Å². The number of methoxy groups -OCH3 is 1. The lowest BCUT2D eigenvalue weighted by atomic mass is 10.0. The number of rotatable bonds is 6. The molecule has 2 unspecified atom stereocenters. The van der Waals surface area contributed by atoms with Gasteiger partial charge in [-0.15, -0.1) is 0 Å². The minimum atomic E-state index is -0.0258. The maximum absolute atomic E-state index is 12.2. The Morgan fingerprint density at radius 1 is 1.57 bits per heavy atom. The summed E-state index contributed by atoms with van der Waals surface area (Å²) in [6.45, 7) is 4.60. The molecule has 118 valence electrons. The van der Waals surface area contributed by atoms with Crippen molar-refractivity contribution in [3.63, 3.8) is 0 Å². The predicted molar refractivity (Wildman–Crippen MR) is 83.8 cm³/mol. The predicted octanol–water partition coefficient (Wildman–Crippen LogP) is 0.764. The number of aromatic nitrogens is 2. The highest BCUT2D eigenvalue weighted by Crippen LogP contribution is 2.15. The number of nitrogens with zero attached hydrogens (tertiary/aromatic N) is 3. The summed E-state index contributed by atoms with van der Waals surface area (Å²) in [4.78, 5) is 18.5. The molecule has 1 aliphatic heterocycles. The number of hydrogen-bond donors (Lipinski definition) is 1. The number of anilines is 1. The standard InChI is InChI=1S/C15H26N4O2/c1-4-12(11-21-3)17-13-6-5-8-19(10-13)14-15(20)18(2)9-7-16-14/h7,9,12-13,17H,4-6,8,10-11H2,1-3H3. The van der Waals surface area contributed by atoms with Crippen molar-refractivity contribution >= 4 is 5.82 Å². The molecular formula is C15H26N4O2. The van der Waals surface area contributed by atoms with Gasteiger partial charge in [0, 0.05) is 51.7 Å². The molecule has 0 saturated carbocycles. The summed E-state index contributed by atoms with van der Waals surface area (Å²) in [5.74, 6) is 0.561. The van der Waals surface area contributed by atoms with Crippen LogP contribution >= 0.6 is 0 Å². The first-order valence-corrected chi connectivity index (χ1v) is 7.67. The molecule has 6 nitrogen and oxygen atoms in total. The van der Waals surface area contributed by atoms with Crippen LogP contribution in [0.3, 0.4) is 0 Å². The zero-order valence-electron chi connectivity index (χ0n) is 13.2. The molecule has 1 aliphatic rings. The molecular weight excluding hydrogens is 268 g/mol. The molecule has 2 atom stereocenters. The lowest BCUT2D eigenvalue weighted by Gasteiger charge is -2.35. The van der Waals surface area contributed by atoms with Crippen LogP contribution in [-0.2, 0) is 11.8 Å². The van der Waals surface area contributed by atoms with Crippen molar-refractivity contribution in [2.24, 2.45) is 7.05 Å².